The number of nitrogens with one attached hydrogen (secondary N) is 1. The van der Waals surface area contributed by atoms with Crippen LogP contribution in [0, 0.1) is 11.8 Å². The molecule has 0 saturated heterocycles. The van der Waals surface area contributed by atoms with E-state index in [0.717, 1.165) is 11.1 Å². The molecular formula is C23H36NO5P. The van der Waals surface area contributed by atoms with Gasteiger partial charge in [0.25, 0.3) is 0 Å². The molecule has 4 unspecified atom stereocenters. The Morgan fingerprint density at radius 2 is 1.63 bits per heavy atom. The lowest BCUT2D eigenvalue weighted by Gasteiger charge is -2.28. The monoisotopic (exact) mass is 437 g/mol. The number of para-hydroxylation sites is 1. The second-order valence-corrected chi connectivity index (χ2v) is 10.8. The van der Waals surface area contributed by atoms with Crippen LogP contribution >= 0.6 is 7.52 Å². The second kappa shape index (κ2) is 9.84. The normalized spacial score (nSPS) is 21.4. The van der Waals surface area contributed by atoms with Gasteiger partial charge in [-0.1, -0.05) is 32.0 Å². The van der Waals surface area contributed by atoms with Crippen molar-refractivity contribution in [3.8, 4) is 5.75 Å². The van der Waals surface area contributed by atoms with Gasteiger partial charge in [0.2, 0.25) is 0 Å². The van der Waals surface area contributed by atoms with Crippen molar-refractivity contribution in [1.29, 1.82) is 0 Å². The van der Waals surface area contributed by atoms with Crippen molar-refractivity contribution >= 4 is 13.5 Å². The first kappa shape index (κ1) is 23.3. The van der Waals surface area contributed by atoms with E-state index >= 15 is 0 Å². The lowest BCUT2D eigenvalue weighted by Crippen LogP contribution is -2.35. The number of esters is 1. The molecule has 1 aromatic carbocycles. The minimum Gasteiger partial charge on any atom is -0.465 e. The van der Waals surface area contributed by atoms with E-state index in [1.807, 2.05) is 0 Å². The number of rotatable bonds is 12. The molecule has 0 amide bonds. The van der Waals surface area contributed by atoms with E-state index in [-0.39, 0.29) is 13.0 Å². The zero-order valence-corrected chi connectivity index (χ0v) is 19.7. The summed E-state index contributed by atoms with van der Waals surface area (Å²) >= 11 is 0. The van der Waals surface area contributed by atoms with Gasteiger partial charge < -0.3 is 14.0 Å². The van der Waals surface area contributed by atoms with Gasteiger partial charge in [-0.25, -0.2) is 5.09 Å². The minimum atomic E-state index is -3.50. The molecule has 0 radical (unpaired) electrons. The summed E-state index contributed by atoms with van der Waals surface area (Å²) in [5.41, 5.74) is 2.20. The smallest absolute Gasteiger partial charge is 0.342 e. The van der Waals surface area contributed by atoms with E-state index in [2.05, 4.69) is 37.1 Å². The summed E-state index contributed by atoms with van der Waals surface area (Å²) in [5, 5.41) is 2.88. The quantitative estimate of drug-likeness (QED) is 0.347. The lowest BCUT2D eigenvalue weighted by atomic mass is 9.88. The Morgan fingerprint density at radius 3 is 2.07 bits per heavy atom. The van der Waals surface area contributed by atoms with Crippen molar-refractivity contribution in [1.82, 2.24) is 5.09 Å². The molecule has 0 aromatic heterocycles. The number of ether oxygens (including phenoxy) is 2. The van der Waals surface area contributed by atoms with Crippen LogP contribution in [0.1, 0.15) is 76.3 Å². The fourth-order valence-corrected chi connectivity index (χ4v) is 5.84. The van der Waals surface area contributed by atoms with Crippen molar-refractivity contribution < 1.29 is 23.4 Å². The Morgan fingerprint density at radius 1 is 1.10 bits per heavy atom. The van der Waals surface area contributed by atoms with Crippen molar-refractivity contribution in [3.05, 3.63) is 29.3 Å². The molecular weight excluding hydrogens is 401 g/mol. The largest absolute Gasteiger partial charge is 0.465 e. The summed E-state index contributed by atoms with van der Waals surface area (Å²) in [7, 11) is -2.02. The average molecular weight is 438 g/mol. The summed E-state index contributed by atoms with van der Waals surface area (Å²) in [6.07, 6.45) is 4.75. The van der Waals surface area contributed by atoms with Gasteiger partial charge in [-0.2, -0.15) is 0 Å². The van der Waals surface area contributed by atoms with E-state index < -0.39 is 19.5 Å². The predicted molar refractivity (Wildman–Crippen MR) is 118 cm³/mol. The van der Waals surface area contributed by atoms with Gasteiger partial charge in [0.05, 0.1) is 6.61 Å². The van der Waals surface area contributed by atoms with Gasteiger partial charge in [-0.15, -0.1) is 0 Å². The minimum absolute atomic E-state index is 0.125. The van der Waals surface area contributed by atoms with Gasteiger partial charge >= 0.3 is 13.5 Å². The van der Waals surface area contributed by atoms with E-state index in [1.165, 1.54) is 32.8 Å². The molecule has 2 aliphatic rings. The fourth-order valence-electron chi connectivity index (χ4n) is 4.12. The summed E-state index contributed by atoms with van der Waals surface area (Å²) in [6.45, 7) is 8.10. The number of hydrogen-bond donors (Lipinski definition) is 1. The molecule has 2 aliphatic carbocycles. The molecule has 6 nitrogen and oxygen atoms in total. The molecule has 2 saturated carbocycles. The van der Waals surface area contributed by atoms with Crippen LogP contribution in [-0.2, 0) is 18.8 Å². The van der Waals surface area contributed by atoms with Crippen LogP contribution in [0.5, 0.6) is 5.75 Å². The highest BCUT2D eigenvalue weighted by Gasteiger charge is 2.38. The molecule has 3 rings (SSSR count). The third-order valence-electron chi connectivity index (χ3n) is 6.28. The van der Waals surface area contributed by atoms with Crippen LogP contribution in [0.4, 0.5) is 0 Å². The molecule has 0 bridgehead atoms. The molecule has 0 spiro atoms. The maximum absolute atomic E-state index is 13.8. The maximum atomic E-state index is 13.8. The topological polar surface area (TPSA) is 73.9 Å². The first-order valence-electron chi connectivity index (χ1n) is 11.1. The molecule has 4 atom stereocenters. The van der Waals surface area contributed by atoms with Gasteiger partial charge in [0, 0.05) is 7.11 Å². The molecule has 0 aliphatic heterocycles. The number of methoxy groups -OCH3 is 1. The van der Waals surface area contributed by atoms with Crippen molar-refractivity contribution in [3.63, 3.8) is 0 Å². The summed E-state index contributed by atoms with van der Waals surface area (Å²) in [4.78, 5) is 12.1. The standard InChI is InChI=1S/C23H36NO5P/c1-6-28-23(25)17(4)24-30(26,14-27-5)29-22-20(15(2)18-10-11-18)8-7-9-21(22)16(3)19-12-13-19/h7-9,15-19H,6,10-14H2,1-5H3,(H,24,26). The van der Waals surface area contributed by atoms with E-state index in [1.54, 1.807) is 13.8 Å². The van der Waals surface area contributed by atoms with Crippen LogP contribution in [0.15, 0.2) is 18.2 Å². The lowest BCUT2D eigenvalue weighted by molar-refractivity contribution is -0.144. The maximum Gasteiger partial charge on any atom is 0.342 e. The molecule has 7 heteroatoms. The van der Waals surface area contributed by atoms with E-state index in [4.69, 9.17) is 14.0 Å². The Labute approximate surface area is 180 Å². The van der Waals surface area contributed by atoms with Crippen LogP contribution in [0.3, 0.4) is 0 Å². The number of benzene rings is 1. The first-order chi connectivity index (χ1) is 14.3. The number of carbonyl (C=O) groups is 1. The molecule has 2 fully saturated rings. The Balaban J connectivity index is 1.93. The van der Waals surface area contributed by atoms with Crippen molar-refractivity contribution in [2.24, 2.45) is 11.8 Å². The van der Waals surface area contributed by atoms with E-state index in [0.29, 0.717) is 29.4 Å². The molecule has 1 aromatic rings. The summed E-state index contributed by atoms with van der Waals surface area (Å²) in [6, 6.07) is 5.51. The Bertz CT molecular complexity index is 754. The summed E-state index contributed by atoms with van der Waals surface area (Å²) in [5.74, 6) is 2.22. The second-order valence-electron chi connectivity index (χ2n) is 8.80. The SMILES string of the molecule is CCOC(=O)C(C)NP(=O)(COC)Oc1c(C(C)C2CC2)cccc1C(C)C1CC1. The molecule has 30 heavy (non-hydrogen) atoms. The van der Waals surface area contributed by atoms with Crippen LogP contribution < -0.4 is 9.61 Å². The van der Waals surface area contributed by atoms with Gasteiger partial charge in [-0.3, -0.25) is 9.36 Å². The first-order valence-corrected chi connectivity index (χ1v) is 13.0. The van der Waals surface area contributed by atoms with Crippen molar-refractivity contribution in [2.75, 3.05) is 20.1 Å². The van der Waals surface area contributed by atoms with Gasteiger partial charge in [-0.05, 0) is 74.3 Å². The molecule has 1 N–H and O–H groups in total. The third-order valence-corrected chi connectivity index (χ3v) is 8.14. The predicted octanol–water partition coefficient (Wildman–Crippen LogP) is 5.43. The van der Waals surface area contributed by atoms with Gasteiger partial charge in [0.1, 0.15) is 18.1 Å². The highest BCUT2D eigenvalue weighted by atomic mass is 31.2. The summed E-state index contributed by atoms with van der Waals surface area (Å²) < 4.78 is 30.4. The van der Waals surface area contributed by atoms with Crippen LogP contribution in [0.2, 0.25) is 0 Å². The highest BCUT2D eigenvalue weighted by molar-refractivity contribution is 7.57. The van der Waals surface area contributed by atoms with Crippen LogP contribution in [0.25, 0.3) is 0 Å². The number of carbonyl (C=O) groups excluding carboxylic acids is 1. The Kier molecular flexibility index (Phi) is 7.65. The number of hydrogen-bond acceptors (Lipinski definition) is 5. The van der Waals surface area contributed by atoms with E-state index in [9.17, 15) is 9.36 Å². The fraction of sp³-hybridized carbons (Fsp3) is 0.696. The zero-order chi connectivity index (χ0) is 21.9. The Hall–Kier alpha value is -1.36. The highest BCUT2D eigenvalue weighted by Crippen LogP contribution is 2.54. The molecule has 0 heterocycles. The van der Waals surface area contributed by atoms with Crippen molar-refractivity contribution in [2.45, 2.75) is 71.3 Å². The van der Waals surface area contributed by atoms with Gasteiger partial charge in [0.15, 0.2) is 0 Å². The zero-order valence-electron chi connectivity index (χ0n) is 18.8. The average Bonchev–Trinajstić information content (AvgIpc) is 3.59. The molecule has 168 valence electrons. The third kappa shape index (κ3) is 5.66. The van der Waals surface area contributed by atoms with Crippen LogP contribution in [-0.4, -0.2) is 32.1 Å².